The molecule has 0 atom stereocenters. The van der Waals surface area contributed by atoms with Gasteiger partial charge < -0.3 is 14.5 Å². The summed E-state index contributed by atoms with van der Waals surface area (Å²) in [6, 6.07) is 3.96. The molecule has 1 aromatic rings. The summed E-state index contributed by atoms with van der Waals surface area (Å²) in [7, 11) is 0. The molecule has 1 saturated heterocycles. The molecule has 0 N–H and O–H groups in total. The summed E-state index contributed by atoms with van der Waals surface area (Å²) in [5.41, 5.74) is -0.220. The summed E-state index contributed by atoms with van der Waals surface area (Å²) >= 11 is 3.09. The van der Waals surface area contributed by atoms with Crippen LogP contribution in [0.25, 0.3) is 0 Å². The summed E-state index contributed by atoms with van der Waals surface area (Å²) in [6.07, 6.45) is 0. The van der Waals surface area contributed by atoms with Crippen molar-refractivity contribution >= 4 is 33.7 Å². The van der Waals surface area contributed by atoms with Crippen molar-refractivity contribution in [3.8, 4) is 0 Å². The Morgan fingerprint density at radius 1 is 1.17 bits per heavy atom. The number of hydrogen-bond donors (Lipinski definition) is 0. The molecular weight excluding hydrogens is 371 g/mol. The highest BCUT2D eigenvalue weighted by Crippen LogP contribution is 2.16. The van der Waals surface area contributed by atoms with Gasteiger partial charge in [-0.2, -0.15) is 0 Å². The summed E-state index contributed by atoms with van der Waals surface area (Å²) in [5, 5.41) is 0. The van der Waals surface area contributed by atoms with Crippen LogP contribution in [0.5, 0.6) is 0 Å². The average molecular weight is 387 g/mol. The molecule has 1 aliphatic heterocycles. The number of piperazine rings is 1. The highest BCUT2D eigenvalue weighted by atomic mass is 79.9. The van der Waals surface area contributed by atoms with Crippen molar-refractivity contribution in [2.45, 2.75) is 6.92 Å². The Bertz CT molecular complexity index is 630. The number of esters is 1. The van der Waals surface area contributed by atoms with E-state index in [0.29, 0.717) is 30.7 Å². The lowest BCUT2D eigenvalue weighted by atomic mass is 10.2. The summed E-state index contributed by atoms with van der Waals surface area (Å²) in [4.78, 5) is 38.2. The fourth-order valence-corrected chi connectivity index (χ4v) is 2.56. The summed E-state index contributed by atoms with van der Waals surface area (Å²) in [5.74, 6) is -1.99. The number of carbonyl (C=O) groups is 3. The topological polar surface area (TPSA) is 66.9 Å². The zero-order chi connectivity index (χ0) is 17.0. The van der Waals surface area contributed by atoms with Crippen molar-refractivity contribution in [2.75, 3.05) is 32.8 Å². The zero-order valence-corrected chi connectivity index (χ0v) is 14.1. The highest BCUT2D eigenvalue weighted by Gasteiger charge is 2.23. The monoisotopic (exact) mass is 386 g/mol. The maximum atomic E-state index is 13.6. The van der Waals surface area contributed by atoms with Crippen molar-refractivity contribution in [3.05, 3.63) is 34.1 Å². The molecule has 0 radical (unpaired) electrons. The van der Waals surface area contributed by atoms with Crippen LogP contribution in [-0.2, 0) is 14.3 Å². The van der Waals surface area contributed by atoms with E-state index in [-0.39, 0.29) is 17.4 Å². The van der Waals surface area contributed by atoms with Crippen molar-refractivity contribution in [1.82, 2.24) is 9.80 Å². The lowest BCUT2D eigenvalue weighted by Gasteiger charge is -2.34. The normalized spacial score (nSPS) is 14.6. The van der Waals surface area contributed by atoms with Gasteiger partial charge in [0.2, 0.25) is 5.91 Å². The molecule has 0 aromatic heterocycles. The van der Waals surface area contributed by atoms with Gasteiger partial charge in [-0.05, 0) is 18.2 Å². The number of halogens is 2. The van der Waals surface area contributed by atoms with Crippen LogP contribution in [-0.4, -0.2) is 60.4 Å². The minimum Gasteiger partial charge on any atom is -0.452 e. The Balaban J connectivity index is 1.85. The molecule has 1 aromatic carbocycles. The highest BCUT2D eigenvalue weighted by molar-refractivity contribution is 9.10. The quantitative estimate of drug-likeness (QED) is 0.737. The first-order valence-electron chi connectivity index (χ1n) is 7.04. The lowest BCUT2D eigenvalue weighted by Crippen LogP contribution is -2.51. The fourth-order valence-electron chi connectivity index (χ4n) is 2.22. The third kappa shape index (κ3) is 4.51. The van der Waals surface area contributed by atoms with Crippen LogP contribution in [0.4, 0.5) is 4.39 Å². The number of ether oxygens (including phenoxy) is 1. The van der Waals surface area contributed by atoms with Crippen LogP contribution in [0.3, 0.4) is 0 Å². The van der Waals surface area contributed by atoms with E-state index in [0.717, 1.165) is 6.07 Å². The predicted molar refractivity (Wildman–Crippen MR) is 83.2 cm³/mol. The van der Waals surface area contributed by atoms with Crippen LogP contribution in [0, 0.1) is 5.82 Å². The molecular formula is C15H16BrFN2O4. The molecule has 0 spiro atoms. The molecule has 23 heavy (non-hydrogen) atoms. The maximum absolute atomic E-state index is 13.6. The summed E-state index contributed by atoms with van der Waals surface area (Å²) < 4.78 is 19.0. The van der Waals surface area contributed by atoms with Crippen LogP contribution in [0.2, 0.25) is 0 Å². The lowest BCUT2D eigenvalue weighted by molar-refractivity contribution is -0.140. The van der Waals surface area contributed by atoms with E-state index in [4.69, 9.17) is 4.74 Å². The molecule has 6 nitrogen and oxygen atoms in total. The maximum Gasteiger partial charge on any atom is 0.341 e. The molecule has 124 valence electrons. The second-order valence-electron chi connectivity index (χ2n) is 5.09. The molecule has 0 bridgehead atoms. The Labute approximate surface area is 141 Å². The average Bonchev–Trinajstić information content (AvgIpc) is 2.52. The second kappa shape index (κ2) is 7.54. The number of rotatable bonds is 3. The Morgan fingerprint density at radius 3 is 2.35 bits per heavy atom. The van der Waals surface area contributed by atoms with Gasteiger partial charge in [0.1, 0.15) is 5.82 Å². The van der Waals surface area contributed by atoms with Crippen LogP contribution in [0.1, 0.15) is 17.3 Å². The summed E-state index contributed by atoms with van der Waals surface area (Å²) in [6.45, 7) is 2.72. The number of carbonyl (C=O) groups excluding carboxylic acids is 3. The van der Waals surface area contributed by atoms with Gasteiger partial charge in [0.05, 0.1) is 5.56 Å². The van der Waals surface area contributed by atoms with Gasteiger partial charge in [0.25, 0.3) is 5.91 Å². The minimum atomic E-state index is -0.884. The Kier molecular flexibility index (Phi) is 5.70. The van der Waals surface area contributed by atoms with Gasteiger partial charge in [-0.15, -0.1) is 0 Å². The predicted octanol–water partition coefficient (Wildman–Crippen LogP) is 1.44. The third-order valence-corrected chi connectivity index (χ3v) is 4.05. The molecule has 0 saturated carbocycles. The zero-order valence-electron chi connectivity index (χ0n) is 12.6. The van der Waals surface area contributed by atoms with E-state index in [1.165, 1.54) is 24.0 Å². The number of hydrogen-bond acceptors (Lipinski definition) is 4. The van der Waals surface area contributed by atoms with E-state index in [9.17, 15) is 18.8 Å². The molecule has 2 rings (SSSR count). The van der Waals surface area contributed by atoms with Crippen molar-refractivity contribution in [1.29, 1.82) is 0 Å². The van der Waals surface area contributed by atoms with E-state index in [1.807, 2.05) is 0 Å². The minimum absolute atomic E-state index is 0.0331. The molecule has 0 aliphatic carbocycles. The molecule has 0 unspecified atom stereocenters. The van der Waals surface area contributed by atoms with E-state index in [1.54, 1.807) is 4.90 Å². The molecule has 8 heteroatoms. The molecule has 1 heterocycles. The van der Waals surface area contributed by atoms with Crippen LogP contribution in [0.15, 0.2) is 22.7 Å². The Morgan fingerprint density at radius 2 is 1.78 bits per heavy atom. The first-order valence-corrected chi connectivity index (χ1v) is 7.83. The van der Waals surface area contributed by atoms with Gasteiger partial charge in [0, 0.05) is 37.6 Å². The van der Waals surface area contributed by atoms with Crippen molar-refractivity contribution in [2.24, 2.45) is 0 Å². The number of nitrogens with zero attached hydrogens (tertiary/aromatic N) is 2. The SMILES string of the molecule is CC(=O)N1CCN(C(=O)COC(=O)c2ccc(Br)cc2F)CC1. The molecule has 1 fully saturated rings. The first kappa shape index (κ1) is 17.4. The van der Waals surface area contributed by atoms with Gasteiger partial charge in [-0.3, -0.25) is 9.59 Å². The van der Waals surface area contributed by atoms with Crippen LogP contribution >= 0.6 is 15.9 Å². The smallest absolute Gasteiger partial charge is 0.341 e. The van der Waals surface area contributed by atoms with Gasteiger partial charge in [-0.25, -0.2) is 9.18 Å². The first-order chi connectivity index (χ1) is 10.9. The van der Waals surface area contributed by atoms with Gasteiger partial charge in [0.15, 0.2) is 6.61 Å². The van der Waals surface area contributed by atoms with E-state index >= 15 is 0 Å². The third-order valence-electron chi connectivity index (χ3n) is 3.56. The van der Waals surface area contributed by atoms with Gasteiger partial charge >= 0.3 is 5.97 Å². The molecule has 1 aliphatic rings. The van der Waals surface area contributed by atoms with Crippen LogP contribution < -0.4 is 0 Å². The number of amides is 2. The van der Waals surface area contributed by atoms with Gasteiger partial charge in [-0.1, -0.05) is 15.9 Å². The second-order valence-corrected chi connectivity index (χ2v) is 6.00. The molecule has 2 amide bonds. The van der Waals surface area contributed by atoms with Crippen molar-refractivity contribution < 1.29 is 23.5 Å². The van der Waals surface area contributed by atoms with E-state index in [2.05, 4.69) is 15.9 Å². The standard InChI is InChI=1S/C15H16BrFN2O4/c1-10(20)18-4-6-19(7-5-18)14(21)9-23-15(22)12-3-2-11(16)8-13(12)17/h2-3,8H,4-7,9H2,1H3. The largest absolute Gasteiger partial charge is 0.452 e. The van der Waals surface area contributed by atoms with Crippen molar-refractivity contribution in [3.63, 3.8) is 0 Å². The van der Waals surface area contributed by atoms with E-state index < -0.39 is 18.4 Å². The Hall–Kier alpha value is -1.96. The fraction of sp³-hybridized carbons (Fsp3) is 0.400. The number of benzene rings is 1.